The molecule has 2 amide bonds. The van der Waals surface area contributed by atoms with Crippen LogP contribution in [0.5, 0.6) is 5.75 Å². The van der Waals surface area contributed by atoms with Gasteiger partial charge in [0.15, 0.2) is 5.82 Å². The van der Waals surface area contributed by atoms with Gasteiger partial charge in [0, 0.05) is 48.9 Å². The molecule has 0 radical (unpaired) electrons. The highest BCUT2D eigenvalue weighted by molar-refractivity contribution is 6.33. The van der Waals surface area contributed by atoms with Crippen LogP contribution in [0.2, 0.25) is 5.02 Å². The molecule has 1 atom stereocenters. The van der Waals surface area contributed by atoms with E-state index >= 15 is 0 Å². The fraction of sp³-hybridized carbons (Fsp3) is 0.360. The number of ether oxygens (including phenoxy) is 1. The molecule has 1 fully saturated rings. The standard InChI is InChI=1S/C25H26ClN5O3/c1-34-19-7-5-6-18(14-19)31-15-16(12-23(31)32)25(33)27-17-9-10-21(26)20(13-17)24-29-28-22-8-3-2-4-11-30(22)24/h5-7,9-10,13-14,16H,2-4,8,11-12,15H2,1H3,(H,27,33). The highest BCUT2D eigenvalue weighted by atomic mass is 35.5. The van der Waals surface area contributed by atoms with Gasteiger partial charge >= 0.3 is 0 Å². The minimum absolute atomic E-state index is 0.0867. The van der Waals surface area contributed by atoms with Crippen molar-refractivity contribution in [3.63, 3.8) is 0 Å². The average Bonchev–Trinajstić information content (AvgIpc) is 3.35. The van der Waals surface area contributed by atoms with E-state index in [0.717, 1.165) is 48.7 Å². The van der Waals surface area contributed by atoms with Gasteiger partial charge in [0.2, 0.25) is 11.8 Å². The van der Waals surface area contributed by atoms with E-state index in [1.807, 2.05) is 24.3 Å². The normalized spacial score (nSPS) is 17.9. The van der Waals surface area contributed by atoms with Crippen molar-refractivity contribution in [3.05, 3.63) is 53.3 Å². The molecule has 0 saturated carbocycles. The lowest BCUT2D eigenvalue weighted by Gasteiger charge is -2.17. The first kappa shape index (κ1) is 22.4. The zero-order valence-electron chi connectivity index (χ0n) is 19.0. The number of amides is 2. The molecule has 2 aliphatic rings. The molecule has 1 aromatic heterocycles. The predicted octanol–water partition coefficient (Wildman–Crippen LogP) is 4.33. The molecular weight excluding hydrogens is 454 g/mol. The molecule has 0 bridgehead atoms. The lowest BCUT2D eigenvalue weighted by Crippen LogP contribution is -2.28. The molecule has 1 N–H and O–H groups in total. The van der Waals surface area contributed by atoms with Gasteiger partial charge in [-0.3, -0.25) is 9.59 Å². The third-order valence-electron chi connectivity index (χ3n) is 6.45. The molecule has 1 unspecified atom stereocenters. The Hall–Kier alpha value is -3.39. The number of benzene rings is 2. The van der Waals surface area contributed by atoms with Crippen molar-refractivity contribution in [2.75, 3.05) is 23.9 Å². The number of carbonyl (C=O) groups excluding carboxylic acids is 2. The summed E-state index contributed by atoms with van der Waals surface area (Å²) in [6.45, 7) is 1.17. The van der Waals surface area contributed by atoms with E-state index in [9.17, 15) is 9.59 Å². The number of nitrogens with zero attached hydrogens (tertiary/aromatic N) is 4. The number of methoxy groups -OCH3 is 1. The highest BCUT2D eigenvalue weighted by Gasteiger charge is 2.35. The first-order valence-electron chi connectivity index (χ1n) is 11.5. The zero-order chi connectivity index (χ0) is 23.7. The van der Waals surface area contributed by atoms with E-state index in [1.54, 1.807) is 30.2 Å². The van der Waals surface area contributed by atoms with Gasteiger partial charge < -0.3 is 19.5 Å². The number of anilines is 2. The number of hydrogen-bond acceptors (Lipinski definition) is 5. The largest absolute Gasteiger partial charge is 0.497 e. The minimum atomic E-state index is -0.456. The SMILES string of the molecule is COc1cccc(N2CC(C(=O)Nc3ccc(Cl)c(-c4nnc5n4CCCCC5)c3)CC2=O)c1. The molecule has 176 valence electrons. The van der Waals surface area contributed by atoms with Gasteiger partial charge in [0.05, 0.1) is 18.1 Å². The summed E-state index contributed by atoms with van der Waals surface area (Å²) in [6, 6.07) is 12.6. The summed E-state index contributed by atoms with van der Waals surface area (Å²) in [5.41, 5.74) is 2.07. The number of carbonyl (C=O) groups is 2. The third-order valence-corrected chi connectivity index (χ3v) is 6.77. The summed E-state index contributed by atoms with van der Waals surface area (Å²) in [5.74, 6) is 1.61. The van der Waals surface area contributed by atoms with Crippen LogP contribution in [0.25, 0.3) is 11.4 Å². The van der Waals surface area contributed by atoms with Crippen LogP contribution in [0.15, 0.2) is 42.5 Å². The molecule has 2 aliphatic heterocycles. The molecule has 2 aromatic carbocycles. The van der Waals surface area contributed by atoms with E-state index in [-0.39, 0.29) is 18.2 Å². The molecule has 3 heterocycles. The van der Waals surface area contributed by atoms with Gasteiger partial charge in [-0.15, -0.1) is 10.2 Å². The van der Waals surface area contributed by atoms with E-state index in [1.165, 1.54) is 6.42 Å². The summed E-state index contributed by atoms with van der Waals surface area (Å²) in [4.78, 5) is 27.3. The van der Waals surface area contributed by atoms with E-state index in [2.05, 4.69) is 20.1 Å². The van der Waals surface area contributed by atoms with Crippen molar-refractivity contribution in [2.45, 2.75) is 38.6 Å². The van der Waals surface area contributed by atoms with Crippen molar-refractivity contribution < 1.29 is 14.3 Å². The summed E-state index contributed by atoms with van der Waals surface area (Å²) >= 11 is 6.51. The van der Waals surface area contributed by atoms with Gasteiger partial charge in [0.25, 0.3) is 0 Å². The molecule has 0 aliphatic carbocycles. The second-order valence-electron chi connectivity index (χ2n) is 8.69. The first-order valence-corrected chi connectivity index (χ1v) is 11.9. The third kappa shape index (κ3) is 4.37. The van der Waals surface area contributed by atoms with E-state index in [0.29, 0.717) is 23.0 Å². The van der Waals surface area contributed by atoms with E-state index in [4.69, 9.17) is 16.3 Å². The van der Waals surface area contributed by atoms with Crippen LogP contribution in [-0.2, 0) is 22.6 Å². The van der Waals surface area contributed by atoms with Gasteiger partial charge in [-0.05, 0) is 43.2 Å². The number of nitrogens with one attached hydrogen (secondary N) is 1. The Morgan fingerprint density at radius 1 is 1.15 bits per heavy atom. The predicted molar refractivity (Wildman–Crippen MR) is 130 cm³/mol. The molecule has 1 saturated heterocycles. The van der Waals surface area contributed by atoms with Crippen LogP contribution in [0, 0.1) is 5.92 Å². The maximum Gasteiger partial charge on any atom is 0.229 e. The molecule has 34 heavy (non-hydrogen) atoms. The van der Waals surface area contributed by atoms with E-state index < -0.39 is 5.92 Å². The molecule has 8 nitrogen and oxygen atoms in total. The Labute approximate surface area is 202 Å². The number of aromatic nitrogens is 3. The zero-order valence-corrected chi connectivity index (χ0v) is 19.7. The lowest BCUT2D eigenvalue weighted by atomic mass is 10.1. The molecular formula is C25H26ClN5O3. The summed E-state index contributed by atoms with van der Waals surface area (Å²) in [5, 5.41) is 12.3. The number of halogens is 1. The maximum atomic E-state index is 13.0. The second-order valence-corrected chi connectivity index (χ2v) is 9.10. The topological polar surface area (TPSA) is 89.3 Å². The molecule has 9 heteroatoms. The van der Waals surface area contributed by atoms with Crippen LogP contribution in [-0.4, -0.2) is 40.2 Å². The summed E-state index contributed by atoms with van der Waals surface area (Å²) < 4.78 is 7.38. The smallest absolute Gasteiger partial charge is 0.229 e. The average molecular weight is 480 g/mol. The van der Waals surface area contributed by atoms with Gasteiger partial charge in [0.1, 0.15) is 11.6 Å². The fourth-order valence-corrected chi connectivity index (χ4v) is 4.82. The van der Waals surface area contributed by atoms with Crippen molar-refractivity contribution in [1.29, 1.82) is 0 Å². The molecule has 0 spiro atoms. The number of fused-ring (bicyclic) bond motifs is 1. The Morgan fingerprint density at radius 3 is 2.88 bits per heavy atom. The Kier molecular flexibility index (Phi) is 6.24. The van der Waals surface area contributed by atoms with Crippen molar-refractivity contribution in [2.24, 2.45) is 5.92 Å². The second kappa shape index (κ2) is 9.46. The summed E-state index contributed by atoms with van der Waals surface area (Å²) in [6.07, 6.45) is 4.40. The molecule has 3 aromatic rings. The number of rotatable bonds is 5. The minimum Gasteiger partial charge on any atom is -0.497 e. The lowest BCUT2D eigenvalue weighted by molar-refractivity contribution is -0.122. The van der Waals surface area contributed by atoms with Gasteiger partial charge in [-0.1, -0.05) is 24.1 Å². The highest BCUT2D eigenvalue weighted by Crippen LogP contribution is 2.32. The summed E-state index contributed by atoms with van der Waals surface area (Å²) in [7, 11) is 1.58. The van der Waals surface area contributed by atoms with Crippen molar-refractivity contribution in [3.8, 4) is 17.1 Å². The fourth-order valence-electron chi connectivity index (χ4n) is 4.61. The first-order chi connectivity index (χ1) is 16.5. The van der Waals surface area contributed by atoms with Crippen LogP contribution >= 0.6 is 11.6 Å². The number of hydrogen-bond donors (Lipinski definition) is 1. The van der Waals surface area contributed by atoms with Gasteiger partial charge in [-0.25, -0.2) is 0 Å². The quantitative estimate of drug-likeness (QED) is 0.588. The Morgan fingerprint density at radius 2 is 2.03 bits per heavy atom. The number of aryl methyl sites for hydroxylation is 1. The van der Waals surface area contributed by atoms with Crippen LogP contribution < -0.4 is 15.0 Å². The molecule has 5 rings (SSSR count). The maximum absolute atomic E-state index is 13.0. The van der Waals surface area contributed by atoms with Crippen LogP contribution in [0.4, 0.5) is 11.4 Å². The van der Waals surface area contributed by atoms with Crippen LogP contribution in [0.3, 0.4) is 0 Å². The monoisotopic (exact) mass is 479 g/mol. The Balaban J connectivity index is 1.33. The van der Waals surface area contributed by atoms with Gasteiger partial charge in [-0.2, -0.15) is 0 Å². The Bertz CT molecular complexity index is 1240. The van der Waals surface area contributed by atoms with Crippen molar-refractivity contribution in [1.82, 2.24) is 14.8 Å². The van der Waals surface area contributed by atoms with Crippen LogP contribution in [0.1, 0.15) is 31.5 Å². The van der Waals surface area contributed by atoms with Crippen molar-refractivity contribution >= 4 is 34.8 Å².